The van der Waals surface area contributed by atoms with E-state index in [4.69, 9.17) is 0 Å². The molecule has 1 aliphatic heterocycles. The van der Waals surface area contributed by atoms with Crippen LogP contribution in [0.15, 0.2) is 74.2 Å². The minimum Gasteiger partial charge on any atom is -0.0877 e. The van der Waals surface area contributed by atoms with E-state index in [1.54, 1.807) is 0 Å². The SMILES string of the molecule is [c]1ccc2c(c1)Sc1cc3ccccc3cc1S2. The van der Waals surface area contributed by atoms with Gasteiger partial charge in [0.15, 0.2) is 0 Å². The fourth-order valence-electron chi connectivity index (χ4n) is 2.16. The van der Waals surface area contributed by atoms with Gasteiger partial charge in [0, 0.05) is 19.6 Å². The molecule has 0 aromatic heterocycles. The van der Waals surface area contributed by atoms with Crippen LogP contribution in [0.5, 0.6) is 0 Å². The summed E-state index contributed by atoms with van der Waals surface area (Å²) in [5, 5.41) is 2.63. The zero-order valence-corrected chi connectivity index (χ0v) is 11.1. The molecule has 0 spiro atoms. The Hall–Kier alpha value is -1.38. The Kier molecular flexibility index (Phi) is 2.39. The normalized spacial score (nSPS) is 13.1. The van der Waals surface area contributed by atoms with Crippen LogP contribution in [0.4, 0.5) is 0 Å². The summed E-state index contributed by atoms with van der Waals surface area (Å²) in [5.41, 5.74) is 0. The smallest absolute Gasteiger partial charge is 0.0268 e. The predicted molar refractivity (Wildman–Crippen MR) is 77.5 cm³/mol. The Morgan fingerprint density at radius 3 is 2.11 bits per heavy atom. The second kappa shape index (κ2) is 4.08. The molecule has 0 nitrogen and oxygen atoms in total. The molecule has 1 radical (unpaired) electrons. The first-order chi connectivity index (χ1) is 8.90. The second-order valence-electron chi connectivity index (χ2n) is 4.22. The Balaban J connectivity index is 1.92. The molecule has 18 heavy (non-hydrogen) atoms. The Labute approximate surface area is 114 Å². The van der Waals surface area contributed by atoms with Crippen LogP contribution in [-0.2, 0) is 0 Å². The van der Waals surface area contributed by atoms with Gasteiger partial charge in [-0.1, -0.05) is 53.9 Å². The molecule has 85 valence electrons. The summed E-state index contributed by atoms with van der Waals surface area (Å²) in [4.78, 5) is 5.36. The molecule has 3 aromatic rings. The van der Waals surface area contributed by atoms with Crippen LogP contribution in [0, 0.1) is 6.07 Å². The molecule has 0 saturated carbocycles. The van der Waals surface area contributed by atoms with Crippen molar-refractivity contribution < 1.29 is 0 Å². The van der Waals surface area contributed by atoms with Gasteiger partial charge in [-0.3, -0.25) is 0 Å². The molecule has 0 bridgehead atoms. The molecule has 1 heterocycles. The highest BCUT2D eigenvalue weighted by molar-refractivity contribution is 8.05. The van der Waals surface area contributed by atoms with Crippen LogP contribution in [-0.4, -0.2) is 0 Å². The van der Waals surface area contributed by atoms with Crippen molar-refractivity contribution in [1.29, 1.82) is 0 Å². The van der Waals surface area contributed by atoms with Crippen molar-refractivity contribution in [3.05, 3.63) is 60.7 Å². The van der Waals surface area contributed by atoms with Gasteiger partial charge in [-0.05, 0) is 41.1 Å². The van der Waals surface area contributed by atoms with Crippen LogP contribution in [0.1, 0.15) is 0 Å². The molecule has 0 unspecified atom stereocenters. The zero-order chi connectivity index (χ0) is 11.9. The summed E-state index contributed by atoms with van der Waals surface area (Å²) in [6.45, 7) is 0. The molecule has 1 aliphatic rings. The summed E-state index contributed by atoms with van der Waals surface area (Å²) in [5.74, 6) is 0. The molecule has 3 aromatic carbocycles. The summed E-state index contributed by atoms with van der Waals surface area (Å²) in [6, 6.07) is 22.5. The molecular weight excluding hydrogens is 256 g/mol. The van der Waals surface area contributed by atoms with E-state index < -0.39 is 0 Å². The summed E-state index contributed by atoms with van der Waals surface area (Å²) < 4.78 is 0. The molecule has 0 fully saturated rings. The third-order valence-corrected chi connectivity index (χ3v) is 5.55. The largest absolute Gasteiger partial charge is 0.0877 e. The minimum absolute atomic E-state index is 1.31. The van der Waals surface area contributed by atoms with Crippen molar-refractivity contribution >= 4 is 34.3 Å². The first-order valence-electron chi connectivity index (χ1n) is 5.79. The topological polar surface area (TPSA) is 0 Å². The number of hydrogen-bond donors (Lipinski definition) is 0. The monoisotopic (exact) mass is 265 g/mol. The number of hydrogen-bond acceptors (Lipinski definition) is 2. The molecule has 0 N–H and O–H groups in total. The van der Waals surface area contributed by atoms with Gasteiger partial charge in [0.05, 0.1) is 0 Å². The molecule has 2 heteroatoms. The zero-order valence-electron chi connectivity index (χ0n) is 9.51. The van der Waals surface area contributed by atoms with E-state index >= 15 is 0 Å². The number of fused-ring (bicyclic) bond motifs is 3. The highest BCUT2D eigenvalue weighted by Gasteiger charge is 2.16. The summed E-state index contributed by atoms with van der Waals surface area (Å²) >= 11 is 3.70. The van der Waals surface area contributed by atoms with Crippen molar-refractivity contribution in [2.24, 2.45) is 0 Å². The third kappa shape index (κ3) is 1.64. The van der Waals surface area contributed by atoms with Gasteiger partial charge in [-0.15, -0.1) is 0 Å². The fourth-order valence-corrected chi connectivity index (χ4v) is 4.42. The van der Waals surface area contributed by atoms with Crippen molar-refractivity contribution in [2.75, 3.05) is 0 Å². The lowest BCUT2D eigenvalue weighted by molar-refractivity contribution is 1.17. The van der Waals surface area contributed by atoms with Gasteiger partial charge >= 0.3 is 0 Å². The highest BCUT2D eigenvalue weighted by Crippen LogP contribution is 2.49. The van der Waals surface area contributed by atoms with Gasteiger partial charge < -0.3 is 0 Å². The lowest BCUT2D eigenvalue weighted by Crippen LogP contribution is -1.89. The Morgan fingerprint density at radius 2 is 1.39 bits per heavy atom. The summed E-state index contributed by atoms with van der Waals surface area (Å²) in [6.07, 6.45) is 0. The van der Waals surface area contributed by atoms with E-state index in [0.29, 0.717) is 0 Å². The molecular formula is C16H9S2. The van der Waals surface area contributed by atoms with Gasteiger partial charge in [0.2, 0.25) is 0 Å². The van der Waals surface area contributed by atoms with E-state index in [-0.39, 0.29) is 0 Å². The molecule has 0 atom stereocenters. The van der Waals surface area contributed by atoms with Gasteiger partial charge in [-0.25, -0.2) is 0 Å². The molecule has 4 rings (SSSR count). The number of benzene rings is 3. The van der Waals surface area contributed by atoms with E-state index in [9.17, 15) is 0 Å². The van der Waals surface area contributed by atoms with Crippen LogP contribution in [0.3, 0.4) is 0 Å². The average Bonchev–Trinajstić information content (AvgIpc) is 2.42. The highest BCUT2D eigenvalue weighted by atomic mass is 32.2. The van der Waals surface area contributed by atoms with Gasteiger partial charge in [-0.2, -0.15) is 0 Å². The van der Waals surface area contributed by atoms with E-state index in [0.717, 1.165) is 0 Å². The first kappa shape index (κ1) is 10.5. The maximum Gasteiger partial charge on any atom is 0.0268 e. The van der Waals surface area contributed by atoms with Crippen LogP contribution < -0.4 is 0 Å². The Bertz CT molecular complexity index is 683. The van der Waals surface area contributed by atoms with Crippen LogP contribution >= 0.6 is 23.5 Å². The lowest BCUT2D eigenvalue weighted by atomic mass is 10.1. The molecule has 0 saturated heterocycles. The maximum absolute atomic E-state index is 3.15. The Morgan fingerprint density at radius 1 is 0.722 bits per heavy atom. The predicted octanol–water partition coefficient (Wildman–Crippen LogP) is 5.26. The van der Waals surface area contributed by atoms with E-state index in [1.807, 2.05) is 29.6 Å². The third-order valence-electron chi connectivity index (χ3n) is 3.04. The average molecular weight is 265 g/mol. The lowest BCUT2D eigenvalue weighted by Gasteiger charge is -2.18. The van der Waals surface area contributed by atoms with Crippen molar-refractivity contribution in [3.63, 3.8) is 0 Å². The van der Waals surface area contributed by atoms with Gasteiger partial charge in [0.25, 0.3) is 0 Å². The maximum atomic E-state index is 3.15. The minimum atomic E-state index is 1.31. The fraction of sp³-hybridized carbons (Fsp3) is 0. The second-order valence-corrected chi connectivity index (χ2v) is 6.39. The summed E-state index contributed by atoms with van der Waals surface area (Å²) in [7, 11) is 0. The molecule has 0 aliphatic carbocycles. The van der Waals surface area contributed by atoms with Crippen molar-refractivity contribution in [3.8, 4) is 0 Å². The quantitative estimate of drug-likeness (QED) is 0.425. The number of rotatable bonds is 0. The van der Waals surface area contributed by atoms with Crippen LogP contribution in [0.2, 0.25) is 0 Å². The van der Waals surface area contributed by atoms with Crippen molar-refractivity contribution in [2.45, 2.75) is 19.6 Å². The molecule has 0 amide bonds. The first-order valence-corrected chi connectivity index (χ1v) is 7.42. The van der Waals surface area contributed by atoms with E-state index in [1.165, 1.54) is 30.4 Å². The van der Waals surface area contributed by atoms with E-state index in [2.05, 4.69) is 54.6 Å². The van der Waals surface area contributed by atoms with Crippen LogP contribution in [0.25, 0.3) is 10.8 Å². The standard InChI is InChI=1S/C16H9S2/c1-2-6-12-10-16-15(9-11(12)5-1)17-13-7-3-4-8-14(13)18-16/h1-3,5-10H. The van der Waals surface area contributed by atoms with Gasteiger partial charge in [0.1, 0.15) is 0 Å². The van der Waals surface area contributed by atoms with Crippen molar-refractivity contribution in [1.82, 2.24) is 0 Å².